The second kappa shape index (κ2) is 6.30. The number of methoxy groups -OCH3 is 2. The van der Waals surface area contributed by atoms with Crippen LogP contribution in [-0.2, 0) is 4.74 Å². The topological polar surface area (TPSA) is 57.7 Å². The van der Waals surface area contributed by atoms with E-state index in [1.807, 2.05) is 19.9 Å². The molecule has 0 aliphatic heterocycles. The van der Waals surface area contributed by atoms with Crippen LogP contribution in [0.5, 0.6) is 11.5 Å². The van der Waals surface area contributed by atoms with Crippen LogP contribution in [0.2, 0.25) is 0 Å². The lowest BCUT2D eigenvalue weighted by atomic mass is 10.1. The highest BCUT2D eigenvalue weighted by molar-refractivity contribution is 9.10. The number of carbonyl (C=O) groups is 1. The number of esters is 1. The monoisotopic (exact) mass is 353 g/mol. The fourth-order valence-electron chi connectivity index (χ4n) is 1.96. The van der Waals surface area contributed by atoms with Gasteiger partial charge in [0.2, 0.25) is 0 Å². The standard InChI is InChI=1S/C15H16BrNO4/c1-8(2)21-12-7-10(15(18)20-4)17-14-11(19-3)6-5-9(16)13(12)14/h5-8H,1-4H3. The molecule has 1 heterocycles. The van der Waals surface area contributed by atoms with Crippen molar-refractivity contribution in [2.45, 2.75) is 20.0 Å². The lowest BCUT2D eigenvalue weighted by Crippen LogP contribution is -2.10. The minimum absolute atomic E-state index is 0.0424. The summed E-state index contributed by atoms with van der Waals surface area (Å²) in [6, 6.07) is 5.21. The molecular formula is C15H16BrNO4. The fraction of sp³-hybridized carbons (Fsp3) is 0.333. The molecule has 1 aromatic heterocycles. The van der Waals surface area contributed by atoms with Gasteiger partial charge in [-0.1, -0.05) is 0 Å². The molecule has 6 heteroatoms. The Labute approximate surface area is 131 Å². The van der Waals surface area contributed by atoms with E-state index < -0.39 is 5.97 Å². The number of benzene rings is 1. The summed E-state index contributed by atoms with van der Waals surface area (Å²) in [7, 11) is 2.87. The molecule has 0 unspecified atom stereocenters. The first-order valence-corrected chi connectivity index (χ1v) is 7.19. The maximum absolute atomic E-state index is 11.8. The van der Waals surface area contributed by atoms with E-state index in [0.29, 0.717) is 17.0 Å². The Morgan fingerprint density at radius 2 is 1.95 bits per heavy atom. The zero-order valence-corrected chi connectivity index (χ0v) is 13.9. The van der Waals surface area contributed by atoms with Crippen molar-refractivity contribution in [1.82, 2.24) is 4.98 Å². The molecule has 1 aromatic carbocycles. The third-order valence-corrected chi connectivity index (χ3v) is 3.47. The molecule has 0 bridgehead atoms. The number of pyridine rings is 1. The summed E-state index contributed by atoms with van der Waals surface area (Å²) >= 11 is 3.49. The van der Waals surface area contributed by atoms with E-state index in [9.17, 15) is 4.79 Å². The van der Waals surface area contributed by atoms with Crippen LogP contribution < -0.4 is 9.47 Å². The number of carbonyl (C=O) groups excluding carboxylic acids is 1. The summed E-state index contributed by atoms with van der Waals surface area (Å²) in [6.45, 7) is 3.83. The van der Waals surface area contributed by atoms with E-state index in [-0.39, 0.29) is 11.8 Å². The van der Waals surface area contributed by atoms with Crippen LogP contribution in [0.15, 0.2) is 22.7 Å². The van der Waals surface area contributed by atoms with Crippen LogP contribution in [-0.4, -0.2) is 31.3 Å². The van der Waals surface area contributed by atoms with E-state index in [0.717, 1.165) is 9.86 Å². The Morgan fingerprint density at radius 1 is 1.24 bits per heavy atom. The highest BCUT2D eigenvalue weighted by Gasteiger charge is 2.18. The van der Waals surface area contributed by atoms with Gasteiger partial charge in [0.15, 0.2) is 5.69 Å². The van der Waals surface area contributed by atoms with Gasteiger partial charge in [0.25, 0.3) is 0 Å². The molecule has 0 radical (unpaired) electrons. The van der Waals surface area contributed by atoms with Crippen molar-refractivity contribution in [3.63, 3.8) is 0 Å². The smallest absolute Gasteiger partial charge is 0.356 e. The van der Waals surface area contributed by atoms with Crippen molar-refractivity contribution in [2.24, 2.45) is 0 Å². The van der Waals surface area contributed by atoms with Gasteiger partial charge < -0.3 is 14.2 Å². The lowest BCUT2D eigenvalue weighted by Gasteiger charge is -2.15. The van der Waals surface area contributed by atoms with E-state index in [4.69, 9.17) is 14.2 Å². The normalized spacial score (nSPS) is 10.8. The second-order valence-electron chi connectivity index (χ2n) is 4.64. The van der Waals surface area contributed by atoms with Crippen LogP contribution in [0.1, 0.15) is 24.3 Å². The Kier molecular flexibility index (Phi) is 4.67. The molecule has 0 spiro atoms. The third kappa shape index (κ3) is 3.10. The molecule has 112 valence electrons. The predicted molar refractivity (Wildman–Crippen MR) is 83.1 cm³/mol. The molecule has 0 aliphatic carbocycles. The Hall–Kier alpha value is -1.82. The first-order chi connectivity index (χ1) is 9.97. The zero-order valence-electron chi connectivity index (χ0n) is 12.3. The summed E-state index contributed by atoms with van der Waals surface area (Å²) in [6.07, 6.45) is -0.0424. The Bertz CT molecular complexity index is 685. The fourth-order valence-corrected chi connectivity index (χ4v) is 2.48. The first kappa shape index (κ1) is 15.6. The predicted octanol–water partition coefficient (Wildman–Crippen LogP) is 3.58. The molecule has 0 fully saturated rings. The highest BCUT2D eigenvalue weighted by Crippen LogP contribution is 2.37. The van der Waals surface area contributed by atoms with Gasteiger partial charge in [-0.3, -0.25) is 0 Å². The summed E-state index contributed by atoms with van der Waals surface area (Å²) in [5.74, 6) is 0.598. The van der Waals surface area contributed by atoms with E-state index in [1.54, 1.807) is 19.2 Å². The van der Waals surface area contributed by atoms with Gasteiger partial charge in [0, 0.05) is 10.5 Å². The van der Waals surface area contributed by atoms with E-state index in [2.05, 4.69) is 20.9 Å². The van der Waals surface area contributed by atoms with E-state index in [1.165, 1.54) is 7.11 Å². The third-order valence-electron chi connectivity index (χ3n) is 2.81. The van der Waals surface area contributed by atoms with Gasteiger partial charge in [-0.25, -0.2) is 9.78 Å². The van der Waals surface area contributed by atoms with E-state index >= 15 is 0 Å². The first-order valence-electron chi connectivity index (χ1n) is 6.40. The van der Waals surface area contributed by atoms with Crippen LogP contribution in [0.25, 0.3) is 10.9 Å². The van der Waals surface area contributed by atoms with Crippen molar-refractivity contribution < 1.29 is 19.0 Å². The van der Waals surface area contributed by atoms with Gasteiger partial charge in [-0.05, 0) is 41.9 Å². The van der Waals surface area contributed by atoms with Crippen molar-refractivity contribution in [3.8, 4) is 11.5 Å². The molecule has 0 aliphatic rings. The molecule has 0 saturated heterocycles. The molecular weight excluding hydrogens is 338 g/mol. The van der Waals surface area contributed by atoms with Crippen molar-refractivity contribution in [1.29, 1.82) is 0 Å². The number of nitrogens with zero attached hydrogens (tertiary/aromatic N) is 1. The molecule has 21 heavy (non-hydrogen) atoms. The summed E-state index contributed by atoms with van der Waals surface area (Å²) < 4.78 is 16.7. The van der Waals surface area contributed by atoms with Gasteiger partial charge in [0.05, 0.1) is 25.7 Å². The number of ether oxygens (including phenoxy) is 3. The van der Waals surface area contributed by atoms with Crippen LogP contribution in [0.3, 0.4) is 0 Å². The second-order valence-corrected chi connectivity index (χ2v) is 5.49. The summed E-state index contributed by atoms with van der Waals surface area (Å²) in [5.41, 5.74) is 0.725. The number of hydrogen-bond donors (Lipinski definition) is 0. The molecule has 0 atom stereocenters. The highest BCUT2D eigenvalue weighted by atomic mass is 79.9. The van der Waals surface area contributed by atoms with Crippen molar-refractivity contribution in [3.05, 3.63) is 28.4 Å². The molecule has 2 rings (SSSR count). The molecule has 0 amide bonds. The summed E-state index contributed by atoms with van der Waals surface area (Å²) in [4.78, 5) is 16.1. The van der Waals surface area contributed by atoms with Gasteiger partial charge in [0.1, 0.15) is 17.0 Å². The van der Waals surface area contributed by atoms with Gasteiger partial charge in [-0.15, -0.1) is 0 Å². The van der Waals surface area contributed by atoms with Crippen LogP contribution in [0, 0.1) is 0 Å². The zero-order chi connectivity index (χ0) is 15.6. The number of hydrogen-bond acceptors (Lipinski definition) is 5. The number of rotatable bonds is 4. The lowest BCUT2D eigenvalue weighted by molar-refractivity contribution is 0.0593. The Morgan fingerprint density at radius 3 is 2.52 bits per heavy atom. The largest absolute Gasteiger partial charge is 0.494 e. The van der Waals surface area contributed by atoms with Gasteiger partial charge >= 0.3 is 5.97 Å². The Balaban J connectivity index is 2.80. The molecule has 2 aromatic rings. The SMILES string of the molecule is COC(=O)c1cc(OC(C)C)c2c(Br)ccc(OC)c2n1. The molecule has 5 nitrogen and oxygen atoms in total. The number of aromatic nitrogens is 1. The summed E-state index contributed by atoms with van der Waals surface area (Å²) in [5, 5.41) is 0.760. The van der Waals surface area contributed by atoms with Gasteiger partial charge in [-0.2, -0.15) is 0 Å². The van der Waals surface area contributed by atoms with Crippen LogP contribution in [0.4, 0.5) is 0 Å². The number of halogens is 1. The van der Waals surface area contributed by atoms with Crippen molar-refractivity contribution in [2.75, 3.05) is 14.2 Å². The van der Waals surface area contributed by atoms with Crippen molar-refractivity contribution >= 4 is 32.8 Å². The average Bonchev–Trinajstić information content (AvgIpc) is 2.45. The number of fused-ring (bicyclic) bond motifs is 1. The average molecular weight is 354 g/mol. The quantitative estimate of drug-likeness (QED) is 0.786. The molecule has 0 saturated carbocycles. The maximum Gasteiger partial charge on any atom is 0.356 e. The molecule has 0 N–H and O–H groups in total. The minimum Gasteiger partial charge on any atom is -0.494 e. The van der Waals surface area contributed by atoms with Crippen LogP contribution >= 0.6 is 15.9 Å². The maximum atomic E-state index is 11.8. The minimum atomic E-state index is -0.521.